The monoisotopic (exact) mass is 442 g/mol. The van der Waals surface area contributed by atoms with Crippen LogP contribution >= 0.6 is 0 Å². The van der Waals surface area contributed by atoms with Crippen molar-refractivity contribution in [3.63, 3.8) is 0 Å². The Balaban J connectivity index is 1.53. The molecule has 2 aromatic heterocycles. The fourth-order valence-electron chi connectivity index (χ4n) is 4.19. The molecule has 1 aliphatic carbocycles. The molecule has 2 aromatic carbocycles. The van der Waals surface area contributed by atoms with Crippen molar-refractivity contribution in [2.45, 2.75) is 23.7 Å². The van der Waals surface area contributed by atoms with Crippen LogP contribution in [0.2, 0.25) is 0 Å². The summed E-state index contributed by atoms with van der Waals surface area (Å²) in [5.74, 6) is 0.299. The van der Waals surface area contributed by atoms with Gasteiger partial charge in [0.05, 0.1) is 4.90 Å². The van der Waals surface area contributed by atoms with E-state index in [4.69, 9.17) is 0 Å². The maximum absolute atomic E-state index is 12.9. The van der Waals surface area contributed by atoms with Gasteiger partial charge in [0.25, 0.3) is 10.0 Å². The second-order valence-corrected chi connectivity index (χ2v) is 9.65. The Kier molecular flexibility index (Phi) is 4.90. The summed E-state index contributed by atoms with van der Waals surface area (Å²) in [6.07, 6.45) is 8.27. The van der Waals surface area contributed by atoms with Crippen molar-refractivity contribution in [2.75, 3.05) is 4.72 Å². The molecule has 0 fully saturated rings. The van der Waals surface area contributed by atoms with Crippen LogP contribution in [0.5, 0.6) is 0 Å². The molecule has 1 unspecified atom stereocenters. The largest absolute Gasteiger partial charge is 0.280 e. The van der Waals surface area contributed by atoms with Crippen LogP contribution in [0.1, 0.15) is 27.9 Å². The van der Waals surface area contributed by atoms with E-state index in [9.17, 15) is 8.42 Å². The summed E-state index contributed by atoms with van der Waals surface area (Å²) in [7, 11) is -3.74. The van der Waals surface area contributed by atoms with Crippen LogP contribution in [0, 0.1) is 6.92 Å². The van der Waals surface area contributed by atoms with Gasteiger partial charge in [-0.3, -0.25) is 14.8 Å². The van der Waals surface area contributed by atoms with E-state index in [1.807, 2.05) is 43.3 Å². The molecule has 0 bridgehead atoms. The third-order valence-corrected chi connectivity index (χ3v) is 7.27. The Bertz CT molecular complexity index is 1340. The number of hydrogen-bond acceptors (Lipinski definition) is 4. The molecule has 0 saturated heterocycles. The highest BCUT2D eigenvalue weighted by molar-refractivity contribution is 7.92. The van der Waals surface area contributed by atoms with Crippen molar-refractivity contribution >= 4 is 21.9 Å². The van der Waals surface area contributed by atoms with E-state index in [0.717, 1.165) is 27.9 Å². The summed E-state index contributed by atoms with van der Waals surface area (Å²) >= 11 is 0. The van der Waals surface area contributed by atoms with Crippen LogP contribution in [-0.2, 0) is 21.9 Å². The SMILES string of the molecule is Cc1ccc(S(=O)(=O)Nc2n[nH]c3c2C=CC(c2ccccc2)(c2ccncc2)C3)cc1. The summed E-state index contributed by atoms with van der Waals surface area (Å²) in [6, 6.07) is 21.0. The highest BCUT2D eigenvalue weighted by atomic mass is 32.2. The van der Waals surface area contributed by atoms with Gasteiger partial charge in [-0.05, 0) is 42.3 Å². The Morgan fingerprint density at radius 2 is 1.62 bits per heavy atom. The fourth-order valence-corrected chi connectivity index (χ4v) is 5.22. The minimum Gasteiger partial charge on any atom is -0.280 e. The zero-order valence-electron chi connectivity index (χ0n) is 17.5. The van der Waals surface area contributed by atoms with Crippen LogP contribution in [0.25, 0.3) is 6.08 Å². The number of benzene rings is 2. The number of hydrogen-bond donors (Lipinski definition) is 2. The number of fused-ring (bicyclic) bond motifs is 1. The molecule has 0 radical (unpaired) electrons. The molecule has 0 spiro atoms. The summed E-state index contributed by atoms with van der Waals surface area (Å²) < 4.78 is 28.4. The van der Waals surface area contributed by atoms with Crippen molar-refractivity contribution in [1.82, 2.24) is 15.2 Å². The Labute approximate surface area is 187 Å². The topological polar surface area (TPSA) is 87.7 Å². The minimum absolute atomic E-state index is 0.204. The third kappa shape index (κ3) is 3.50. The van der Waals surface area contributed by atoms with Gasteiger partial charge in [0.15, 0.2) is 5.82 Å². The van der Waals surface area contributed by atoms with Crippen LogP contribution < -0.4 is 4.72 Å². The lowest BCUT2D eigenvalue weighted by molar-refractivity contribution is 0.601. The number of H-pyrrole nitrogens is 1. The molecule has 2 N–H and O–H groups in total. The number of nitrogens with zero attached hydrogens (tertiary/aromatic N) is 2. The van der Waals surface area contributed by atoms with Gasteiger partial charge in [0.1, 0.15) is 0 Å². The van der Waals surface area contributed by atoms with E-state index in [-0.39, 0.29) is 4.90 Å². The van der Waals surface area contributed by atoms with Crippen LogP contribution in [0.15, 0.2) is 90.1 Å². The Hall–Kier alpha value is -3.71. The molecular weight excluding hydrogens is 420 g/mol. The van der Waals surface area contributed by atoms with Gasteiger partial charge in [0, 0.05) is 35.5 Å². The number of allylic oxidation sites excluding steroid dienone is 1. The quantitative estimate of drug-likeness (QED) is 0.477. The van der Waals surface area contributed by atoms with Crippen molar-refractivity contribution in [3.8, 4) is 0 Å². The second-order valence-electron chi connectivity index (χ2n) is 7.97. The molecule has 4 aromatic rings. The first kappa shape index (κ1) is 20.2. The summed E-state index contributed by atoms with van der Waals surface area (Å²) in [5.41, 5.74) is 4.46. The standard InChI is InChI=1S/C25H22N4O2S/c1-18-7-9-21(10-8-18)32(30,31)29-24-22-11-14-25(17-23(22)27-28-24,19-5-3-2-4-6-19)20-12-15-26-16-13-20/h2-16H,17H2,1H3,(H2,27,28,29). The van der Waals surface area contributed by atoms with Gasteiger partial charge in [-0.15, -0.1) is 0 Å². The van der Waals surface area contributed by atoms with E-state index < -0.39 is 15.4 Å². The van der Waals surface area contributed by atoms with Gasteiger partial charge < -0.3 is 0 Å². The number of aryl methyl sites for hydroxylation is 1. The maximum Gasteiger partial charge on any atom is 0.263 e. The van der Waals surface area contributed by atoms with Gasteiger partial charge >= 0.3 is 0 Å². The van der Waals surface area contributed by atoms with Gasteiger partial charge in [-0.2, -0.15) is 5.10 Å². The molecule has 6 nitrogen and oxygen atoms in total. The third-order valence-electron chi connectivity index (χ3n) is 5.92. The molecule has 32 heavy (non-hydrogen) atoms. The van der Waals surface area contributed by atoms with E-state index in [1.165, 1.54) is 0 Å². The molecule has 1 atom stereocenters. The summed E-state index contributed by atoms with van der Waals surface area (Å²) in [6.45, 7) is 1.92. The van der Waals surface area contributed by atoms with Crippen LogP contribution in [0.4, 0.5) is 5.82 Å². The number of rotatable bonds is 5. The zero-order valence-corrected chi connectivity index (χ0v) is 18.3. The number of aromatic amines is 1. The molecule has 5 rings (SSSR count). The average molecular weight is 443 g/mol. The van der Waals surface area contributed by atoms with E-state index >= 15 is 0 Å². The molecule has 160 valence electrons. The molecule has 1 aliphatic rings. The lowest BCUT2D eigenvalue weighted by Gasteiger charge is -2.34. The van der Waals surface area contributed by atoms with Crippen LogP contribution in [0.3, 0.4) is 0 Å². The first-order valence-corrected chi connectivity index (χ1v) is 11.8. The van der Waals surface area contributed by atoms with Gasteiger partial charge in [0.2, 0.25) is 0 Å². The lowest BCUT2D eigenvalue weighted by Crippen LogP contribution is -2.30. The molecule has 0 saturated carbocycles. The summed E-state index contributed by atoms with van der Waals surface area (Å²) in [5, 5.41) is 7.36. The van der Waals surface area contributed by atoms with Gasteiger partial charge in [-0.1, -0.05) is 60.2 Å². The number of nitrogens with one attached hydrogen (secondary N) is 2. The smallest absolute Gasteiger partial charge is 0.263 e. The minimum atomic E-state index is -3.74. The van der Waals surface area contributed by atoms with Crippen molar-refractivity contribution < 1.29 is 8.42 Å². The first-order valence-electron chi connectivity index (χ1n) is 10.3. The molecule has 2 heterocycles. The average Bonchev–Trinajstić information content (AvgIpc) is 3.21. The van der Waals surface area contributed by atoms with Crippen molar-refractivity contribution in [2.24, 2.45) is 0 Å². The van der Waals surface area contributed by atoms with Crippen LogP contribution in [-0.4, -0.2) is 23.6 Å². The second kappa shape index (κ2) is 7.76. The predicted molar refractivity (Wildman–Crippen MR) is 125 cm³/mol. The highest BCUT2D eigenvalue weighted by Crippen LogP contribution is 2.42. The first-order chi connectivity index (χ1) is 15.5. The predicted octanol–water partition coefficient (Wildman–Crippen LogP) is 4.47. The van der Waals surface area contributed by atoms with E-state index in [0.29, 0.717) is 12.2 Å². The number of aromatic nitrogens is 3. The molecule has 0 aliphatic heterocycles. The zero-order chi connectivity index (χ0) is 22.2. The molecule has 0 amide bonds. The van der Waals surface area contributed by atoms with Crippen molar-refractivity contribution in [1.29, 1.82) is 0 Å². The highest BCUT2D eigenvalue weighted by Gasteiger charge is 2.36. The normalized spacial score (nSPS) is 17.7. The Morgan fingerprint density at radius 3 is 2.34 bits per heavy atom. The van der Waals surface area contributed by atoms with E-state index in [1.54, 1.807) is 36.7 Å². The maximum atomic E-state index is 12.9. The lowest BCUT2D eigenvalue weighted by atomic mass is 9.69. The van der Waals surface area contributed by atoms with Crippen molar-refractivity contribution in [3.05, 3.63) is 113 Å². The van der Waals surface area contributed by atoms with E-state index in [2.05, 4.69) is 38.1 Å². The number of sulfonamides is 1. The van der Waals surface area contributed by atoms with Gasteiger partial charge in [-0.25, -0.2) is 8.42 Å². The molecule has 7 heteroatoms. The molecular formula is C25H22N4O2S. The Morgan fingerprint density at radius 1 is 0.938 bits per heavy atom. The fraction of sp³-hybridized carbons (Fsp3) is 0.120. The number of anilines is 1. The number of pyridine rings is 1. The summed E-state index contributed by atoms with van der Waals surface area (Å²) in [4.78, 5) is 4.37.